The standard InChI is InChI=1S/C21H14Cl2O/c22-19-12-6-15(14-20(19)23)7-13-21(24)18-10-8-17(9-11-18)16-4-2-1-3-5-16/h1-14H/b13-7+. The highest BCUT2D eigenvalue weighted by Gasteiger charge is 2.03. The van der Waals surface area contributed by atoms with Crippen LogP contribution < -0.4 is 0 Å². The van der Waals surface area contributed by atoms with Crippen molar-refractivity contribution >= 4 is 35.1 Å². The third-order valence-corrected chi connectivity index (χ3v) is 4.39. The lowest BCUT2D eigenvalue weighted by atomic mass is 10.0. The second-order valence-corrected chi connectivity index (χ2v) is 6.13. The molecule has 0 heterocycles. The van der Waals surface area contributed by atoms with E-state index < -0.39 is 0 Å². The zero-order valence-electron chi connectivity index (χ0n) is 12.7. The molecule has 3 heteroatoms. The van der Waals surface area contributed by atoms with Crippen LogP contribution in [0.25, 0.3) is 17.2 Å². The number of carbonyl (C=O) groups excluding carboxylic acids is 1. The predicted octanol–water partition coefficient (Wildman–Crippen LogP) is 6.56. The normalized spacial score (nSPS) is 10.9. The maximum Gasteiger partial charge on any atom is 0.185 e. The average Bonchev–Trinajstić information content (AvgIpc) is 2.63. The average molecular weight is 353 g/mol. The van der Waals surface area contributed by atoms with Gasteiger partial charge < -0.3 is 0 Å². The van der Waals surface area contributed by atoms with Crippen molar-refractivity contribution in [3.8, 4) is 11.1 Å². The number of hydrogen-bond donors (Lipinski definition) is 0. The van der Waals surface area contributed by atoms with Gasteiger partial charge in [-0.15, -0.1) is 0 Å². The molecule has 0 saturated heterocycles. The summed E-state index contributed by atoms with van der Waals surface area (Å²) >= 11 is 11.9. The molecule has 0 bridgehead atoms. The molecule has 0 aliphatic rings. The summed E-state index contributed by atoms with van der Waals surface area (Å²) in [5.41, 5.74) is 3.69. The SMILES string of the molecule is O=C(/C=C/c1ccc(Cl)c(Cl)c1)c1ccc(-c2ccccc2)cc1. The summed E-state index contributed by atoms with van der Waals surface area (Å²) in [5, 5.41) is 0.968. The smallest absolute Gasteiger partial charge is 0.185 e. The van der Waals surface area contributed by atoms with Gasteiger partial charge in [0.05, 0.1) is 10.0 Å². The van der Waals surface area contributed by atoms with E-state index in [-0.39, 0.29) is 5.78 Å². The minimum absolute atomic E-state index is 0.0549. The van der Waals surface area contributed by atoms with E-state index in [0.717, 1.165) is 16.7 Å². The van der Waals surface area contributed by atoms with Crippen LogP contribution in [0.5, 0.6) is 0 Å². The highest BCUT2D eigenvalue weighted by atomic mass is 35.5. The van der Waals surface area contributed by atoms with Gasteiger partial charge >= 0.3 is 0 Å². The van der Waals surface area contributed by atoms with Gasteiger partial charge in [-0.2, -0.15) is 0 Å². The Morgan fingerprint density at radius 2 is 1.42 bits per heavy atom. The zero-order valence-corrected chi connectivity index (χ0v) is 14.3. The molecule has 0 aromatic heterocycles. The van der Waals surface area contributed by atoms with Crippen LogP contribution in [0.3, 0.4) is 0 Å². The zero-order chi connectivity index (χ0) is 16.9. The Kier molecular flexibility index (Phi) is 5.14. The number of halogens is 2. The minimum atomic E-state index is -0.0549. The molecule has 0 unspecified atom stereocenters. The first-order chi connectivity index (χ1) is 11.6. The van der Waals surface area contributed by atoms with Gasteiger partial charge in [-0.05, 0) is 34.9 Å². The first-order valence-corrected chi connectivity index (χ1v) is 8.22. The molecule has 0 radical (unpaired) electrons. The highest BCUT2D eigenvalue weighted by Crippen LogP contribution is 2.23. The van der Waals surface area contributed by atoms with E-state index in [1.807, 2.05) is 60.7 Å². The largest absolute Gasteiger partial charge is 0.289 e. The van der Waals surface area contributed by atoms with Gasteiger partial charge in [0.25, 0.3) is 0 Å². The maximum absolute atomic E-state index is 12.3. The summed E-state index contributed by atoms with van der Waals surface area (Å²) in [4.78, 5) is 12.3. The summed E-state index contributed by atoms with van der Waals surface area (Å²) in [6.45, 7) is 0. The van der Waals surface area contributed by atoms with E-state index in [2.05, 4.69) is 0 Å². The van der Waals surface area contributed by atoms with E-state index in [9.17, 15) is 4.79 Å². The van der Waals surface area contributed by atoms with Crippen LogP contribution in [-0.4, -0.2) is 5.78 Å². The van der Waals surface area contributed by atoms with Crippen molar-refractivity contribution in [1.82, 2.24) is 0 Å². The van der Waals surface area contributed by atoms with Gasteiger partial charge in [-0.3, -0.25) is 4.79 Å². The molecule has 0 aliphatic carbocycles. The molecule has 1 nitrogen and oxygen atoms in total. The summed E-state index contributed by atoms with van der Waals surface area (Å²) in [7, 11) is 0. The summed E-state index contributed by atoms with van der Waals surface area (Å²) in [6.07, 6.45) is 3.27. The van der Waals surface area contributed by atoms with Gasteiger partial charge in [0.2, 0.25) is 0 Å². The molecular weight excluding hydrogens is 339 g/mol. The molecule has 118 valence electrons. The second-order valence-electron chi connectivity index (χ2n) is 5.31. The number of carbonyl (C=O) groups is 1. The fourth-order valence-corrected chi connectivity index (χ4v) is 2.65. The molecule has 3 rings (SSSR count). The van der Waals surface area contributed by atoms with Crippen molar-refractivity contribution in [3.05, 3.63) is 100 Å². The Morgan fingerprint density at radius 3 is 2.08 bits per heavy atom. The van der Waals surface area contributed by atoms with Crippen LogP contribution in [0.1, 0.15) is 15.9 Å². The molecule has 0 fully saturated rings. The summed E-state index contributed by atoms with van der Waals surface area (Å²) in [5.74, 6) is -0.0549. The van der Waals surface area contributed by atoms with Crippen molar-refractivity contribution < 1.29 is 4.79 Å². The summed E-state index contributed by atoms with van der Waals surface area (Å²) in [6, 6.07) is 22.9. The first kappa shape index (κ1) is 16.5. The summed E-state index contributed by atoms with van der Waals surface area (Å²) < 4.78 is 0. The van der Waals surface area contributed by atoms with Crippen LogP contribution in [0.2, 0.25) is 10.0 Å². The van der Waals surface area contributed by atoms with Crippen molar-refractivity contribution in [2.24, 2.45) is 0 Å². The van der Waals surface area contributed by atoms with Crippen LogP contribution in [0.15, 0.2) is 78.9 Å². The van der Waals surface area contributed by atoms with Crippen LogP contribution in [0, 0.1) is 0 Å². The molecule has 0 amide bonds. The molecule has 3 aromatic rings. The molecule has 0 N–H and O–H groups in total. The van der Waals surface area contributed by atoms with Gasteiger partial charge in [-0.25, -0.2) is 0 Å². The van der Waals surface area contributed by atoms with Gasteiger partial charge in [0.1, 0.15) is 0 Å². The molecule has 0 atom stereocenters. The van der Waals surface area contributed by atoms with Crippen molar-refractivity contribution in [2.75, 3.05) is 0 Å². The number of hydrogen-bond acceptors (Lipinski definition) is 1. The molecule has 24 heavy (non-hydrogen) atoms. The van der Waals surface area contributed by atoms with E-state index in [0.29, 0.717) is 15.6 Å². The van der Waals surface area contributed by atoms with Crippen LogP contribution in [0.4, 0.5) is 0 Å². The van der Waals surface area contributed by atoms with E-state index in [1.165, 1.54) is 6.08 Å². The van der Waals surface area contributed by atoms with Gasteiger partial charge in [0.15, 0.2) is 5.78 Å². The van der Waals surface area contributed by atoms with Crippen molar-refractivity contribution in [3.63, 3.8) is 0 Å². The van der Waals surface area contributed by atoms with Crippen LogP contribution in [-0.2, 0) is 0 Å². The second kappa shape index (κ2) is 7.48. The number of rotatable bonds is 4. The topological polar surface area (TPSA) is 17.1 Å². The van der Waals surface area contributed by atoms with E-state index in [4.69, 9.17) is 23.2 Å². The van der Waals surface area contributed by atoms with Gasteiger partial charge in [-0.1, -0.05) is 89.9 Å². The number of ketones is 1. The quantitative estimate of drug-likeness (QED) is 0.384. The van der Waals surface area contributed by atoms with Crippen molar-refractivity contribution in [2.45, 2.75) is 0 Å². The third-order valence-electron chi connectivity index (χ3n) is 3.65. The predicted molar refractivity (Wildman–Crippen MR) is 102 cm³/mol. The lowest BCUT2D eigenvalue weighted by Gasteiger charge is -2.02. The molecule has 3 aromatic carbocycles. The highest BCUT2D eigenvalue weighted by molar-refractivity contribution is 6.42. The van der Waals surface area contributed by atoms with E-state index in [1.54, 1.807) is 18.2 Å². The minimum Gasteiger partial charge on any atom is -0.289 e. The Balaban J connectivity index is 1.75. The Labute approximate surface area is 151 Å². The fraction of sp³-hybridized carbons (Fsp3) is 0. The Hall–Kier alpha value is -2.35. The monoisotopic (exact) mass is 352 g/mol. The molecule has 0 saturated carbocycles. The number of allylic oxidation sites excluding steroid dienone is 1. The fourth-order valence-electron chi connectivity index (χ4n) is 2.34. The Bertz CT molecular complexity index is 881. The lowest BCUT2D eigenvalue weighted by molar-refractivity contribution is 0.104. The van der Waals surface area contributed by atoms with E-state index >= 15 is 0 Å². The van der Waals surface area contributed by atoms with Crippen molar-refractivity contribution in [1.29, 1.82) is 0 Å². The molecular formula is C21H14Cl2O. The maximum atomic E-state index is 12.3. The third kappa shape index (κ3) is 3.94. The first-order valence-electron chi connectivity index (χ1n) is 7.46. The molecule has 0 spiro atoms. The lowest BCUT2D eigenvalue weighted by Crippen LogP contribution is -1.93. The molecule has 0 aliphatic heterocycles. The van der Waals surface area contributed by atoms with Gasteiger partial charge in [0, 0.05) is 5.56 Å². The van der Waals surface area contributed by atoms with Crippen LogP contribution >= 0.6 is 23.2 Å². The number of benzene rings is 3. The Morgan fingerprint density at radius 1 is 0.750 bits per heavy atom.